The molecule has 0 saturated carbocycles. The van der Waals surface area contributed by atoms with Gasteiger partial charge in [-0.15, -0.1) is 10.2 Å². The molecule has 0 fully saturated rings. The van der Waals surface area contributed by atoms with E-state index >= 15 is 0 Å². The van der Waals surface area contributed by atoms with Crippen molar-refractivity contribution in [2.45, 2.75) is 37.9 Å². The number of amides is 1. The first-order chi connectivity index (χ1) is 13.6. The Hall–Kier alpha value is -2.67. The van der Waals surface area contributed by atoms with Crippen molar-refractivity contribution in [3.63, 3.8) is 0 Å². The third-order valence-corrected chi connectivity index (χ3v) is 5.14. The maximum atomic E-state index is 13.3. The number of para-hydroxylation sites is 1. The molecule has 1 heterocycles. The van der Waals surface area contributed by atoms with Crippen molar-refractivity contribution in [1.29, 1.82) is 0 Å². The number of carbonyl (C=O) groups excluding carboxylic acids is 1. The summed E-state index contributed by atoms with van der Waals surface area (Å²) < 4.78 is 15.2. The predicted octanol–water partition coefficient (Wildman–Crippen LogP) is 4.47. The number of hydrogen-bond donors (Lipinski definition) is 1. The molecule has 146 valence electrons. The molecule has 0 saturated heterocycles. The van der Waals surface area contributed by atoms with Gasteiger partial charge in [-0.1, -0.05) is 43.3 Å². The van der Waals surface area contributed by atoms with E-state index in [1.54, 1.807) is 12.1 Å². The van der Waals surface area contributed by atoms with Crippen LogP contribution in [0.3, 0.4) is 0 Å². The van der Waals surface area contributed by atoms with Gasteiger partial charge in [0.2, 0.25) is 5.91 Å². The molecule has 7 heteroatoms. The Morgan fingerprint density at radius 2 is 1.86 bits per heavy atom. The number of carbonyl (C=O) groups is 1. The molecule has 1 aromatic heterocycles. The van der Waals surface area contributed by atoms with Gasteiger partial charge >= 0.3 is 0 Å². The normalized spacial score (nSPS) is 12.0. The van der Waals surface area contributed by atoms with Crippen molar-refractivity contribution in [2.75, 3.05) is 5.75 Å². The lowest BCUT2D eigenvalue weighted by Crippen LogP contribution is -2.33. The molecule has 3 rings (SSSR count). The molecule has 1 amide bonds. The van der Waals surface area contributed by atoms with Crippen LogP contribution < -0.4 is 5.32 Å². The monoisotopic (exact) mass is 398 g/mol. The average molecular weight is 399 g/mol. The lowest BCUT2D eigenvalue weighted by molar-refractivity contribution is -0.119. The van der Waals surface area contributed by atoms with E-state index in [-0.39, 0.29) is 23.5 Å². The average Bonchev–Trinajstić information content (AvgIpc) is 3.12. The molecule has 5 nitrogen and oxygen atoms in total. The number of benzene rings is 2. The second-order valence-corrected chi connectivity index (χ2v) is 7.47. The first-order valence-corrected chi connectivity index (χ1v) is 10.3. The summed E-state index contributed by atoms with van der Waals surface area (Å²) in [6, 6.07) is 16.0. The van der Waals surface area contributed by atoms with Crippen LogP contribution in [0.4, 0.5) is 4.39 Å². The largest absolute Gasteiger partial charge is 0.353 e. The lowest BCUT2D eigenvalue weighted by atomic mass is 10.2. The zero-order valence-corrected chi connectivity index (χ0v) is 16.7. The van der Waals surface area contributed by atoms with Crippen LogP contribution >= 0.6 is 11.8 Å². The molecule has 0 aliphatic rings. The van der Waals surface area contributed by atoms with Gasteiger partial charge in [-0.25, -0.2) is 4.39 Å². The van der Waals surface area contributed by atoms with E-state index in [1.165, 1.54) is 23.9 Å². The van der Waals surface area contributed by atoms with Crippen molar-refractivity contribution in [3.8, 4) is 17.1 Å². The third-order valence-electron chi connectivity index (χ3n) is 4.21. The number of hydrogen-bond acceptors (Lipinski definition) is 4. The van der Waals surface area contributed by atoms with E-state index in [0.29, 0.717) is 11.0 Å². The van der Waals surface area contributed by atoms with Crippen molar-refractivity contribution < 1.29 is 9.18 Å². The highest BCUT2D eigenvalue weighted by Crippen LogP contribution is 2.28. The number of halogens is 1. The van der Waals surface area contributed by atoms with Gasteiger partial charge in [0.1, 0.15) is 5.82 Å². The molecular weight excluding hydrogens is 375 g/mol. The summed E-state index contributed by atoms with van der Waals surface area (Å²) in [5.74, 6) is 0.523. The Balaban J connectivity index is 1.85. The molecule has 0 unspecified atom stereocenters. The summed E-state index contributed by atoms with van der Waals surface area (Å²) in [5.41, 5.74) is 1.64. The summed E-state index contributed by atoms with van der Waals surface area (Å²) in [6.07, 6.45) is 1.98. The van der Waals surface area contributed by atoms with Gasteiger partial charge in [0, 0.05) is 17.3 Å². The highest BCUT2D eigenvalue weighted by atomic mass is 32.2. The fourth-order valence-corrected chi connectivity index (χ4v) is 3.67. The molecule has 3 aromatic rings. The van der Waals surface area contributed by atoms with E-state index in [9.17, 15) is 9.18 Å². The smallest absolute Gasteiger partial charge is 0.230 e. The molecule has 0 aliphatic carbocycles. The molecule has 1 N–H and O–H groups in total. The molecule has 1 atom stereocenters. The van der Waals surface area contributed by atoms with Crippen LogP contribution in [0, 0.1) is 5.82 Å². The van der Waals surface area contributed by atoms with Gasteiger partial charge in [0.25, 0.3) is 0 Å². The Bertz CT molecular complexity index is 912. The summed E-state index contributed by atoms with van der Waals surface area (Å²) in [6.45, 7) is 4.10. The first-order valence-electron chi connectivity index (χ1n) is 9.27. The van der Waals surface area contributed by atoms with Crippen LogP contribution in [0.1, 0.15) is 26.7 Å². The van der Waals surface area contributed by atoms with Crippen molar-refractivity contribution in [3.05, 3.63) is 60.4 Å². The molecule has 28 heavy (non-hydrogen) atoms. The molecule has 0 radical (unpaired) electrons. The number of nitrogens with zero attached hydrogens (tertiary/aromatic N) is 3. The van der Waals surface area contributed by atoms with Gasteiger partial charge < -0.3 is 5.32 Å². The lowest BCUT2D eigenvalue weighted by Gasteiger charge is -2.13. The third kappa shape index (κ3) is 4.98. The first kappa shape index (κ1) is 20.1. The van der Waals surface area contributed by atoms with Crippen LogP contribution in [0.5, 0.6) is 0 Å². The van der Waals surface area contributed by atoms with Crippen molar-refractivity contribution in [1.82, 2.24) is 20.1 Å². The van der Waals surface area contributed by atoms with E-state index < -0.39 is 0 Å². The van der Waals surface area contributed by atoms with Gasteiger partial charge in [0.05, 0.1) is 5.75 Å². The summed E-state index contributed by atoms with van der Waals surface area (Å²) in [7, 11) is 0. The maximum absolute atomic E-state index is 13.3. The summed E-state index contributed by atoms with van der Waals surface area (Å²) in [5, 5.41) is 12.2. The van der Waals surface area contributed by atoms with Gasteiger partial charge in [-0.3, -0.25) is 9.36 Å². The van der Waals surface area contributed by atoms with E-state index in [4.69, 9.17) is 0 Å². The zero-order chi connectivity index (χ0) is 19.9. The van der Waals surface area contributed by atoms with Gasteiger partial charge in [0.15, 0.2) is 11.0 Å². The summed E-state index contributed by atoms with van der Waals surface area (Å²) >= 11 is 1.33. The highest BCUT2D eigenvalue weighted by molar-refractivity contribution is 7.99. The van der Waals surface area contributed by atoms with Crippen LogP contribution in [-0.2, 0) is 4.79 Å². The SMILES string of the molecule is CCC[C@H](C)NC(=O)CSc1nnc(-c2ccc(F)cc2)n1-c1ccccc1. The fraction of sp³-hybridized carbons (Fsp3) is 0.286. The molecular formula is C21H23FN4OS. The van der Waals surface area contributed by atoms with E-state index in [0.717, 1.165) is 24.1 Å². The Labute approximate surface area is 168 Å². The Kier molecular flexibility index (Phi) is 6.81. The second kappa shape index (κ2) is 9.50. The minimum absolute atomic E-state index is 0.0307. The van der Waals surface area contributed by atoms with Gasteiger partial charge in [-0.05, 0) is 49.7 Å². The van der Waals surface area contributed by atoms with Gasteiger partial charge in [-0.2, -0.15) is 0 Å². The van der Waals surface area contributed by atoms with Crippen LogP contribution in [0.2, 0.25) is 0 Å². The fourth-order valence-electron chi connectivity index (χ4n) is 2.91. The molecule has 0 aliphatic heterocycles. The van der Waals surface area contributed by atoms with E-state index in [2.05, 4.69) is 22.4 Å². The quantitative estimate of drug-likeness (QED) is 0.569. The zero-order valence-electron chi connectivity index (χ0n) is 15.9. The topological polar surface area (TPSA) is 59.8 Å². The van der Waals surface area contributed by atoms with Crippen molar-refractivity contribution >= 4 is 17.7 Å². The highest BCUT2D eigenvalue weighted by Gasteiger charge is 2.17. The number of aromatic nitrogens is 3. The number of nitrogens with one attached hydrogen (secondary N) is 1. The predicted molar refractivity (Wildman–Crippen MR) is 110 cm³/mol. The Morgan fingerprint density at radius 3 is 2.54 bits per heavy atom. The molecule has 2 aromatic carbocycles. The molecule has 0 bridgehead atoms. The summed E-state index contributed by atoms with van der Waals surface area (Å²) in [4.78, 5) is 12.2. The number of thioether (sulfide) groups is 1. The Morgan fingerprint density at radius 1 is 1.14 bits per heavy atom. The minimum Gasteiger partial charge on any atom is -0.353 e. The second-order valence-electron chi connectivity index (χ2n) is 6.53. The van der Waals surface area contributed by atoms with Crippen LogP contribution in [0.25, 0.3) is 17.1 Å². The maximum Gasteiger partial charge on any atom is 0.230 e. The van der Waals surface area contributed by atoms with Crippen molar-refractivity contribution in [2.24, 2.45) is 0 Å². The molecule has 0 spiro atoms. The standard InChI is InChI=1S/C21H23FN4OS/c1-3-7-15(2)23-19(27)14-28-21-25-24-20(16-10-12-17(22)13-11-16)26(21)18-8-5-4-6-9-18/h4-6,8-13,15H,3,7,14H2,1-2H3,(H,23,27)/t15-/m0/s1. The van der Waals surface area contributed by atoms with E-state index in [1.807, 2.05) is 41.8 Å². The number of rotatable bonds is 8. The van der Waals surface area contributed by atoms with Crippen LogP contribution in [0.15, 0.2) is 59.8 Å². The van der Waals surface area contributed by atoms with Crippen LogP contribution in [-0.4, -0.2) is 32.5 Å². The minimum atomic E-state index is -0.304.